The highest BCUT2D eigenvalue weighted by molar-refractivity contribution is 5.29. The van der Waals surface area contributed by atoms with Gasteiger partial charge in [-0.2, -0.15) is 10.2 Å². The van der Waals surface area contributed by atoms with Crippen molar-refractivity contribution in [2.45, 2.75) is 33.4 Å². The number of hydrogen-bond donors (Lipinski definition) is 1. The number of rotatable bonds is 7. The number of aromatic nitrogens is 2. The minimum atomic E-state index is 0.256. The largest absolute Gasteiger partial charge is 0.493 e. The Labute approximate surface area is 126 Å². The van der Waals surface area contributed by atoms with Crippen molar-refractivity contribution in [3.05, 3.63) is 53.9 Å². The summed E-state index contributed by atoms with van der Waals surface area (Å²) in [7, 11) is 0. The number of nitrogens with zero attached hydrogens (tertiary/aromatic N) is 2. The van der Waals surface area contributed by atoms with Crippen molar-refractivity contribution in [2.75, 3.05) is 6.61 Å². The maximum Gasteiger partial charge on any atom is 0.119 e. The molecular weight excluding hydrogens is 262 g/mol. The lowest BCUT2D eigenvalue weighted by molar-refractivity contribution is 0.271. The molecule has 21 heavy (non-hydrogen) atoms. The molecule has 0 saturated heterocycles. The molecule has 2 rings (SSSR count). The van der Waals surface area contributed by atoms with E-state index in [1.807, 2.05) is 24.3 Å². The normalized spacial score (nSPS) is 12.4. The van der Waals surface area contributed by atoms with Crippen molar-refractivity contribution < 1.29 is 4.74 Å². The molecule has 112 valence electrons. The Kier molecular flexibility index (Phi) is 5.69. The summed E-state index contributed by atoms with van der Waals surface area (Å²) in [6, 6.07) is 12.4. The van der Waals surface area contributed by atoms with Gasteiger partial charge in [0.05, 0.1) is 12.3 Å². The molecular formula is C17H23N3O. The predicted molar refractivity (Wildman–Crippen MR) is 84.1 cm³/mol. The van der Waals surface area contributed by atoms with E-state index in [1.165, 1.54) is 5.56 Å². The highest BCUT2D eigenvalue weighted by Gasteiger charge is 2.06. The fourth-order valence-electron chi connectivity index (χ4n) is 1.92. The van der Waals surface area contributed by atoms with Gasteiger partial charge in [0.2, 0.25) is 0 Å². The van der Waals surface area contributed by atoms with Crippen LogP contribution < -0.4 is 10.1 Å². The van der Waals surface area contributed by atoms with Gasteiger partial charge < -0.3 is 10.1 Å². The molecule has 4 nitrogen and oxygen atoms in total. The number of benzene rings is 1. The molecule has 0 saturated carbocycles. The van der Waals surface area contributed by atoms with E-state index in [4.69, 9.17) is 4.74 Å². The van der Waals surface area contributed by atoms with Crippen LogP contribution in [0.15, 0.2) is 42.6 Å². The molecule has 0 fully saturated rings. The standard InChI is InChI=1S/C17H23N3O/c1-13(2)12-21-17-8-6-15(7-9-17)14(3)18-11-16-5-4-10-19-20-16/h4-10,13-14,18H,11-12H2,1-3H3. The Morgan fingerprint density at radius 3 is 2.48 bits per heavy atom. The van der Waals surface area contributed by atoms with Gasteiger partial charge in [-0.25, -0.2) is 0 Å². The Bertz CT molecular complexity index is 525. The van der Waals surface area contributed by atoms with Crippen LogP contribution in [-0.4, -0.2) is 16.8 Å². The molecule has 1 heterocycles. The van der Waals surface area contributed by atoms with Crippen LogP contribution in [0.3, 0.4) is 0 Å². The average Bonchev–Trinajstić information content (AvgIpc) is 2.52. The van der Waals surface area contributed by atoms with Crippen LogP contribution in [0, 0.1) is 5.92 Å². The van der Waals surface area contributed by atoms with Crippen LogP contribution in [0.2, 0.25) is 0 Å². The van der Waals surface area contributed by atoms with Gasteiger partial charge in [0.1, 0.15) is 5.75 Å². The summed E-state index contributed by atoms with van der Waals surface area (Å²) in [5.74, 6) is 1.46. The van der Waals surface area contributed by atoms with E-state index in [0.29, 0.717) is 12.5 Å². The van der Waals surface area contributed by atoms with Gasteiger partial charge in [-0.3, -0.25) is 0 Å². The second-order valence-electron chi connectivity index (χ2n) is 5.59. The predicted octanol–water partition coefficient (Wildman–Crippen LogP) is 3.36. The summed E-state index contributed by atoms with van der Waals surface area (Å²) >= 11 is 0. The van der Waals surface area contributed by atoms with Crippen LogP contribution in [0.4, 0.5) is 0 Å². The van der Waals surface area contributed by atoms with E-state index >= 15 is 0 Å². The molecule has 0 aliphatic heterocycles. The van der Waals surface area contributed by atoms with Crippen molar-refractivity contribution in [2.24, 2.45) is 5.92 Å². The van der Waals surface area contributed by atoms with E-state index in [-0.39, 0.29) is 6.04 Å². The molecule has 1 aromatic heterocycles. The molecule has 1 N–H and O–H groups in total. The second kappa shape index (κ2) is 7.74. The lowest BCUT2D eigenvalue weighted by atomic mass is 10.1. The Morgan fingerprint density at radius 2 is 1.86 bits per heavy atom. The maximum absolute atomic E-state index is 5.69. The first-order chi connectivity index (χ1) is 10.1. The van der Waals surface area contributed by atoms with Crippen molar-refractivity contribution in [1.82, 2.24) is 15.5 Å². The summed E-state index contributed by atoms with van der Waals surface area (Å²) in [5.41, 5.74) is 2.18. The molecule has 0 amide bonds. The number of nitrogens with one attached hydrogen (secondary N) is 1. The fourth-order valence-corrected chi connectivity index (χ4v) is 1.92. The lowest BCUT2D eigenvalue weighted by Crippen LogP contribution is -2.18. The summed E-state index contributed by atoms with van der Waals surface area (Å²) in [6.07, 6.45) is 1.68. The van der Waals surface area contributed by atoms with Crippen LogP contribution in [0.1, 0.15) is 38.1 Å². The van der Waals surface area contributed by atoms with Gasteiger partial charge in [-0.15, -0.1) is 0 Å². The average molecular weight is 285 g/mol. The third-order valence-corrected chi connectivity index (χ3v) is 3.18. The number of hydrogen-bond acceptors (Lipinski definition) is 4. The van der Waals surface area contributed by atoms with Gasteiger partial charge in [0, 0.05) is 18.8 Å². The smallest absolute Gasteiger partial charge is 0.119 e. The van der Waals surface area contributed by atoms with Gasteiger partial charge in [-0.05, 0) is 42.7 Å². The van der Waals surface area contributed by atoms with Gasteiger partial charge in [-0.1, -0.05) is 26.0 Å². The maximum atomic E-state index is 5.69. The highest BCUT2D eigenvalue weighted by atomic mass is 16.5. The van der Waals surface area contributed by atoms with E-state index in [1.54, 1.807) is 6.20 Å². The quantitative estimate of drug-likeness (QED) is 0.847. The van der Waals surface area contributed by atoms with E-state index < -0.39 is 0 Å². The zero-order valence-electron chi connectivity index (χ0n) is 12.9. The SMILES string of the molecule is CC(C)COc1ccc(C(C)NCc2cccnn2)cc1. The Hall–Kier alpha value is -1.94. The van der Waals surface area contributed by atoms with Crippen LogP contribution in [0.25, 0.3) is 0 Å². The molecule has 0 aliphatic rings. The molecule has 0 aliphatic carbocycles. The van der Waals surface area contributed by atoms with Gasteiger partial charge >= 0.3 is 0 Å². The molecule has 1 atom stereocenters. The van der Waals surface area contributed by atoms with Crippen LogP contribution in [-0.2, 0) is 6.54 Å². The Morgan fingerprint density at radius 1 is 1.10 bits per heavy atom. The zero-order valence-corrected chi connectivity index (χ0v) is 12.9. The molecule has 1 aromatic carbocycles. The second-order valence-corrected chi connectivity index (χ2v) is 5.59. The van der Waals surface area contributed by atoms with E-state index in [0.717, 1.165) is 18.1 Å². The molecule has 0 radical (unpaired) electrons. The van der Waals surface area contributed by atoms with Crippen LogP contribution >= 0.6 is 0 Å². The molecule has 2 aromatic rings. The molecule has 1 unspecified atom stereocenters. The lowest BCUT2D eigenvalue weighted by Gasteiger charge is -2.15. The minimum Gasteiger partial charge on any atom is -0.493 e. The minimum absolute atomic E-state index is 0.256. The summed E-state index contributed by atoms with van der Waals surface area (Å²) in [4.78, 5) is 0. The molecule has 0 bridgehead atoms. The van der Waals surface area contributed by atoms with Crippen molar-refractivity contribution in [3.63, 3.8) is 0 Å². The fraction of sp³-hybridized carbons (Fsp3) is 0.412. The van der Waals surface area contributed by atoms with E-state index in [9.17, 15) is 0 Å². The van der Waals surface area contributed by atoms with Crippen molar-refractivity contribution in [1.29, 1.82) is 0 Å². The van der Waals surface area contributed by atoms with Gasteiger partial charge in [0.15, 0.2) is 0 Å². The first-order valence-electron chi connectivity index (χ1n) is 7.38. The van der Waals surface area contributed by atoms with Crippen LogP contribution in [0.5, 0.6) is 5.75 Å². The zero-order chi connectivity index (χ0) is 15.1. The van der Waals surface area contributed by atoms with E-state index in [2.05, 4.69) is 48.4 Å². The number of ether oxygens (including phenoxy) is 1. The monoisotopic (exact) mass is 285 g/mol. The third-order valence-electron chi connectivity index (χ3n) is 3.18. The van der Waals surface area contributed by atoms with Crippen molar-refractivity contribution in [3.8, 4) is 5.75 Å². The highest BCUT2D eigenvalue weighted by Crippen LogP contribution is 2.18. The van der Waals surface area contributed by atoms with Gasteiger partial charge in [0.25, 0.3) is 0 Å². The van der Waals surface area contributed by atoms with Crippen molar-refractivity contribution >= 4 is 0 Å². The topological polar surface area (TPSA) is 47.0 Å². The first kappa shape index (κ1) is 15.4. The summed E-state index contributed by atoms with van der Waals surface area (Å²) in [5, 5.41) is 11.4. The summed E-state index contributed by atoms with van der Waals surface area (Å²) < 4.78 is 5.69. The first-order valence-corrected chi connectivity index (χ1v) is 7.38. The molecule has 4 heteroatoms. The Balaban J connectivity index is 1.86. The third kappa shape index (κ3) is 5.16. The molecule has 0 spiro atoms. The summed E-state index contributed by atoms with van der Waals surface area (Å²) in [6.45, 7) is 7.89.